The average molecular weight is 718 g/mol. The molecule has 2 fully saturated rings. The van der Waals surface area contributed by atoms with Crippen LogP contribution in [-0.2, 0) is 31.3 Å². The highest BCUT2D eigenvalue weighted by molar-refractivity contribution is 7.90. The van der Waals surface area contributed by atoms with Gasteiger partial charge >= 0.3 is 0 Å². The van der Waals surface area contributed by atoms with Gasteiger partial charge in [-0.25, -0.2) is 21.6 Å². The molecule has 1 aromatic heterocycles. The molecule has 0 spiro atoms. The number of benzene rings is 2. The van der Waals surface area contributed by atoms with E-state index in [9.17, 15) is 21.6 Å². The average Bonchev–Trinajstić information content (AvgIpc) is 3.72. The fourth-order valence-electron chi connectivity index (χ4n) is 8.30. The summed E-state index contributed by atoms with van der Waals surface area (Å²) in [6.45, 7) is 6.69. The number of hydrogen-bond donors (Lipinski definition) is 1. The summed E-state index contributed by atoms with van der Waals surface area (Å²) in [4.78, 5) is 13.7. The molecule has 0 radical (unpaired) electrons. The van der Waals surface area contributed by atoms with Crippen LogP contribution in [-0.4, -0.2) is 57.1 Å². The molecule has 1 atom stereocenters. The molecule has 2 aliphatic heterocycles. The van der Waals surface area contributed by atoms with E-state index in [1.807, 2.05) is 24.3 Å². The van der Waals surface area contributed by atoms with Crippen LogP contribution in [0.5, 0.6) is 0 Å². The van der Waals surface area contributed by atoms with Crippen LogP contribution >= 0.6 is 0 Å². The number of fused-ring (bicyclic) bond motifs is 4. The van der Waals surface area contributed by atoms with E-state index >= 15 is 0 Å². The van der Waals surface area contributed by atoms with Gasteiger partial charge in [0.2, 0.25) is 20.0 Å². The van der Waals surface area contributed by atoms with Crippen LogP contribution in [0.25, 0.3) is 22.0 Å². The summed E-state index contributed by atoms with van der Waals surface area (Å²) in [5, 5.41) is 0.292. The van der Waals surface area contributed by atoms with Gasteiger partial charge < -0.3 is 9.30 Å². The Hall–Kier alpha value is -3.67. The Morgan fingerprint density at radius 1 is 0.940 bits per heavy atom. The molecule has 11 heteroatoms. The number of carbonyl (C=O) groups is 1. The van der Waals surface area contributed by atoms with Crippen LogP contribution in [0.15, 0.2) is 70.8 Å². The quantitative estimate of drug-likeness (QED) is 0.261. The first kappa shape index (κ1) is 34.8. The van der Waals surface area contributed by atoms with Crippen LogP contribution in [0.4, 0.5) is 0 Å². The molecule has 3 heterocycles. The fourth-order valence-corrected chi connectivity index (χ4v) is 10.7. The van der Waals surface area contributed by atoms with Gasteiger partial charge in [0.15, 0.2) is 0 Å². The molecular weight excluding hydrogens is 671 g/mol. The van der Waals surface area contributed by atoms with E-state index in [0.717, 1.165) is 78.4 Å². The van der Waals surface area contributed by atoms with Crippen molar-refractivity contribution in [1.29, 1.82) is 0 Å². The summed E-state index contributed by atoms with van der Waals surface area (Å²) < 4.78 is 65.6. The normalized spacial score (nSPS) is 20.7. The first-order valence-corrected chi connectivity index (χ1v) is 20.9. The molecule has 7 rings (SSSR count). The summed E-state index contributed by atoms with van der Waals surface area (Å²) in [5.74, 6) is 0.634. The number of amides is 1. The number of rotatable bonds is 8. The summed E-state index contributed by atoms with van der Waals surface area (Å²) in [7, 11) is -5.89. The fraction of sp³-hybridized carbons (Fsp3) is 0.462. The molecule has 9 nitrogen and oxygen atoms in total. The molecule has 1 unspecified atom stereocenters. The number of nitrogens with one attached hydrogen (secondary N) is 1. The number of aromatic nitrogens is 1. The van der Waals surface area contributed by atoms with Gasteiger partial charge in [-0.3, -0.25) is 4.79 Å². The van der Waals surface area contributed by atoms with Crippen molar-refractivity contribution in [2.24, 2.45) is 5.92 Å². The number of methoxy groups -OCH3 is 1. The Morgan fingerprint density at radius 3 is 2.36 bits per heavy atom. The largest absolute Gasteiger partial charge is 0.501 e. The minimum absolute atomic E-state index is 0.105. The zero-order chi connectivity index (χ0) is 35.4. The van der Waals surface area contributed by atoms with E-state index < -0.39 is 31.2 Å². The van der Waals surface area contributed by atoms with Gasteiger partial charge in [0.05, 0.1) is 23.0 Å². The number of carbonyl (C=O) groups excluding carboxylic acids is 1. The number of sulfonamides is 2. The number of nitrogens with zero attached hydrogens (tertiary/aromatic N) is 2. The van der Waals surface area contributed by atoms with E-state index in [4.69, 9.17) is 4.74 Å². The highest BCUT2D eigenvalue weighted by Gasteiger charge is 2.36. The van der Waals surface area contributed by atoms with Gasteiger partial charge in [-0.1, -0.05) is 50.5 Å². The molecule has 1 N–H and O–H groups in total. The van der Waals surface area contributed by atoms with Gasteiger partial charge in [-0.15, -0.1) is 0 Å². The van der Waals surface area contributed by atoms with Gasteiger partial charge in [-0.2, -0.15) is 4.31 Å². The van der Waals surface area contributed by atoms with Gasteiger partial charge in [-0.05, 0) is 110 Å². The Kier molecular flexibility index (Phi) is 9.36. The maximum absolute atomic E-state index is 14.1. The zero-order valence-electron chi connectivity index (χ0n) is 29.4. The molecule has 0 bridgehead atoms. The van der Waals surface area contributed by atoms with Crippen molar-refractivity contribution in [2.45, 2.75) is 94.7 Å². The molecule has 1 saturated carbocycles. The molecule has 3 aromatic rings. The number of ether oxygens (including phenoxy) is 1. The molecule has 50 heavy (non-hydrogen) atoms. The van der Waals surface area contributed by atoms with Crippen LogP contribution in [0.2, 0.25) is 0 Å². The van der Waals surface area contributed by atoms with Gasteiger partial charge in [0, 0.05) is 48.2 Å². The maximum atomic E-state index is 14.1. The topological polar surface area (TPSA) is 115 Å². The van der Waals surface area contributed by atoms with E-state index in [0.29, 0.717) is 36.0 Å². The van der Waals surface area contributed by atoms with Crippen LogP contribution in [0.3, 0.4) is 0 Å². The Labute approximate surface area is 296 Å². The predicted octanol–water partition coefficient (Wildman–Crippen LogP) is 7.36. The van der Waals surface area contributed by atoms with Crippen molar-refractivity contribution >= 4 is 48.0 Å². The van der Waals surface area contributed by atoms with Crippen LogP contribution in [0.1, 0.15) is 105 Å². The molecular formula is C39H47N3O6S2. The Balaban J connectivity index is 1.49. The first-order valence-electron chi connectivity index (χ1n) is 17.9. The third-order valence-corrected chi connectivity index (χ3v) is 14.6. The zero-order valence-corrected chi connectivity index (χ0v) is 31.0. The Bertz CT molecular complexity index is 2160. The lowest BCUT2D eigenvalue weighted by molar-refractivity contribution is 0.0981. The molecule has 4 aliphatic rings. The van der Waals surface area contributed by atoms with E-state index in [1.54, 1.807) is 29.6 Å². The van der Waals surface area contributed by atoms with Crippen LogP contribution in [0, 0.1) is 5.92 Å². The second kappa shape index (κ2) is 13.5. The summed E-state index contributed by atoms with van der Waals surface area (Å²) in [6, 6.07) is 12.8. The summed E-state index contributed by atoms with van der Waals surface area (Å²) >= 11 is 0. The van der Waals surface area contributed by atoms with E-state index in [2.05, 4.69) is 28.4 Å². The predicted molar refractivity (Wildman–Crippen MR) is 197 cm³/mol. The van der Waals surface area contributed by atoms with Crippen molar-refractivity contribution in [2.75, 3.05) is 20.2 Å². The molecule has 1 saturated heterocycles. The second-order valence-corrected chi connectivity index (χ2v) is 18.6. The van der Waals surface area contributed by atoms with Crippen molar-refractivity contribution in [3.63, 3.8) is 0 Å². The second-order valence-electron chi connectivity index (χ2n) is 14.5. The SMILES string of the molecule is COC1=CC2=C(c3c(C4CCCCC4)c4ccc(C(=O)NS(=O)(=O)C(C)C)cc4n3CC(c3ccccc3S(=O)(=O)N3CCCC3)=C2)C(C)C1. The van der Waals surface area contributed by atoms with Crippen molar-refractivity contribution < 1.29 is 26.4 Å². The number of allylic oxidation sites excluding steroid dienone is 6. The Morgan fingerprint density at radius 2 is 1.66 bits per heavy atom. The third-order valence-electron chi connectivity index (χ3n) is 11.0. The van der Waals surface area contributed by atoms with Gasteiger partial charge in [0.1, 0.15) is 0 Å². The smallest absolute Gasteiger partial charge is 0.264 e. The molecule has 1 amide bonds. The minimum atomic E-state index is -3.84. The van der Waals surface area contributed by atoms with Crippen LogP contribution < -0.4 is 4.72 Å². The van der Waals surface area contributed by atoms with Gasteiger partial charge in [0.25, 0.3) is 5.91 Å². The molecule has 2 aromatic carbocycles. The summed E-state index contributed by atoms with van der Waals surface area (Å²) in [5.41, 5.74) is 7.18. The standard InChI is InChI=1S/C39H47N3O6S2/c1-25(2)49(44,45)40-39(43)28-16-17-33-34(23-28)42-24-30(32-14-8-9-15-35(32)50(46,47)41-18-10-11-19-41)21-29-22-31(48-4)20-26(3)36(29)38(42)37(33)27-12-6-5-7-13-27/h8-9,14-17,21-23,25-27H,5-7,10-13,18-20,24H2,1-4H3,(H,40,43). The highest BCUT2D eigenvalue weighted by atomic mass is 32.2. The summed E-state index contributed by atoms with van der Waals surface area (Å²) in [6.07, 6.45) is 12.3. The molecule has 266 valence electrons. The van der Waals surface area contributed by atoms with Crippen molar-refractivity contribution in [3.8, 4) is 0 Å². The highest BCUT2D eigenvalue weighted by Crippen LogP contribution is 2.49. The van der Waals surface area contributed by atoms with Crippen molar-refractivity contribution in [3.05, 3.63) is 88.3 Å². The van der Waals surface area contributed by atoms with E-state index in [-0.39, 0.29) is 11.5 Å². The lowest BCUT2D eigenvalue weighted by Gasteiger charge is -2.28. The van der Waals surface area contributed by atoms with E-state index in [1.165, 1.54) is 31.4 Å². The lowest BCUT2D eigenvalue weighted by atomic mass is 9.78. The minimum Gasteiger partial charge on any atom is -0.501 e. The third kappa shape index (κ3) is 6.15. The first-order chi connectivity index (χ1) is 23.9. The lowest BCUT2D eigenvalue weighted by Crippen LogP contribution is -2.35. The maximum Gasteiger partial charge on any atom is 0.264 e. The number of hydrogen-bond acceptors (Lipinski definition) is 6. The molecule has 2 aliphatic carbocycles. The van der Waals surface area contributed by atoms with Crippen molar-refractivity contribution in [1.82, 2.24) is 13.6 Å². The monoisotopic (exact) mass is 717 g/mol.